The predicted octanol–water partition coefficient (Wildman–Crippen LogP) is 2.92. The molecule has 0 aliphatic heterocycles. The van der Waals surface area contributed by atoms with Gasteiger partial charge in [0, 0.05) is 12.7 Å². The highest BCUT2D eigenvalue weighted by Gasteiger charge is 2.25. The number of carbonyl (C=O) groups is 1. The third kappa shape index (κ3) is 2.43. The fraction of sp³-hybridized carbons (Fsp3) is 0.400. The van der Waals surface area contributed by atoms with Crippen LogP contribution in [0.15, 0.2) is 22.9 Å². The Kier molecular flexibility index (Phi) is 4.17. The third-order valence-electron chi connectivity index (χ3n) is 3.28. The van der Waals surface area contributed by atoms with Crippen molar-refractivity contribution >= 4 is 11.7 Å². The molecule has 0 aliphatic carbocycles. The number of nitrogens with zero attached hydrogens (tertiary/aromatic N) is 3. The van der Waals surface area contributed by atoms with Gasteiger partial charge in [-0.25, -0.2) is 4.98 Å². The molecule has 0 aliphatic rings. The summed E-state index contributed by atoms with van der Waals surface area (Å²) >= 11 is 0. The van der Waals surface area contributed by atoms with Crippen molar-refractivity contribution in [1.82, 2.24) is 10.1 Å². The molecule has 0 N–H and O–H groups in total. The van der Waals surface area contributed by atoms with Gasteiger partial charge in [-0.1, -0.05) is 18.1 Å². The molecule has 2 rings (SSSR count). The molecule has 0 saturated carbocycles. The Morgan fingerprint density at radius 3 is 2.70 bits per heavy atom. The van der Waals surface area contributed by atoms with E-state index in [1.807, 2.05) is 32.9 Å². The van der Waals surface area contributed by atoms with Gasteiger partial charge in [0.25, 0.3) is 5.91 Å². The van der Waals surface area contributed by atoms with Crippen molar-refractivity contribution in [1.29, 1.82) is 0 Å². The Balaban J connectivity index is 2.45. The van der Waals surface area contributed by atoms with Gasteiger partial charge in [0.2, 0.25) is 0 Å². The van der Waals surface area contributed by atoms with Gasteiger partial charge in [-0.3, -0.25) is 9.69 Å². The lowest BCUT2D eigenvalue weighted by Crippen LogP contribution is -2.32. The fourth-order valence-corrected chi connectivity index (χ4v) is 2.22. The number of rotatable bonds is 4. The summed E-state index contributed by atoms with van der Waals surface area (Å²) < 4.78 is 5.15. The molecule has 1 amide bonds. The molecule has 0 spiro atoms. The summed E-state index contributed by atoms with van der Waals surface area (Å²) in [5.41, 5.74) is 2.22. The molecule has 0 radical (unpaired) electrons. The maximum Gasteiger partial charge on any atom is 0.264 e. The van der Waals surface area contributed by atoms with Gasteiger partial charge in [0.15, 0.2) is 0 Å². The van der Waals surface area contributed by atoms with E-state index in [-0.39, 0.29) is 5.91 Å². The number of amides is 1. The van der Waals surface area contributed by atoms with E-state index in [4.69, 9.17) is 4.52 Å². The van der Waals surface area contributed by atoms with Crippen LogP contribution in [0.2, 0.25) is 0 Å². The van der Waals surface area contributed by atoms with E-state index in [1.54, 1.807) is 18.0 Å². The summed E-state index contributed by atoms with van der Waals surface area (Å²) in [5, 5.41) is 3.95. The molecular weight excluding hydrogens is 254 g/mol. The van der Waals surface area contributed by atoms with Gasteiger partial charge in [-0.15, -0.1) is 0 Å². The Bertz CT molecular complexity index is 619. The van der Waals surface area contributed by atoms with Crippen molar-refractivity contribution in [3.05, 3.63) is 40.9 Å². The molecule has 20 heavy (non-hydrogen) atoms. The zero-order chi connectivity index (χ0) is 14.7. The van der Waals surface area contributed by atoms with Gasteiger partial charge in [-0.2, -0.15) is 0 Å². The lowest BCUT2D eigenvalue weighted by atomic mass is 10.1. The Morgan fingerprint density at radius 1 is 1.35 bits per heavy atom. The molecule has 2 aromatic heterocycles. The zero-order valence-electron chi connectivity index (χ0n) is 12.3. The predicted molar refractivity (Wildman–Crippen MR) is 76.9 cm³/mol. The number of aryl methyl sites for hydroxylation is 3. The van der Waals surface area contributed by atoms with E-state index in [0.717, 1.165) is 5.56 Å². The molecule has 5 heteroatoms. The molecule has 2 heterocycles. The van der Waals surface area contributed by atoms with E-state index in [2.05, 4.69) is 10.1 Å². The fourth-order valence-electron chi connectivity index (χ4n) is 2.22. The van der Waals surface area contributed by atoms with Gasteiger partial charge in [-0.05, 0) is 38.8 Å². The van der Waals surface area contributed by atoms with Crippen LogP contribution in [0.3, 0.4) is 0 Å². The van der Waals surface area contributed by atoms with Crippen LogP contribution in [0.5, 0.6) is 0 Å². The summed E-state index contributed by atoms with van der Waals surface area (Å²) in [7, 11) is 0. The van der Waals surface area contributed by atoms with E-state index in [0.29, 0.717) is 35.8 Å². The number of hydrogen-bond acceptors (Lipinski definition) is 4. The van der Waals surface area contributed by atoms with Crippen LogP contribution in [0.25, 0.3) is 0 Å². The Hall–Kier alpha value is -2.17. The van der Waals surface area contributed by atoms with E-state index < -0.39 is 0 Å². The van der Waals surface area contributed by atoms with Crippen LogP contribution >= 0.6 is 0 Å². The number of hydrogen-bond donors (Lipinski definition) is 0. The first kappa shape index (κ1) is 14.2. The standard InChI is InChI=1S/C15H19N3O2/c1-5-12-13(11(4)20-17-12)15(19)18(6-2)14-10(3)8-7-9-16-14/h7-9H,5-6H2,1-4H3. The van der Waals surface area contributed by atoms with E-state index >= 15 is 0 Å². The average Bonchev–Trinajstić information content (AvgIpc) is 2.82. The van der Waals surface area contributed by atoms with Crippen LogP contribution in [0, 0.1) is 13.8 Å². The first-order valence-electron chi connectivity index (χ1n) is 6.78. The van der Waals surface area contributed by atoms with Gasteiger partial charge in [0.1, 0.15) is 17.1 Å². The quantitative estimate of drug-likeness (QED) is 0.859. The highest BCUT2D eigenvalue weighted by molar-refractivity contribution is 6.07. The highest BCUT2D eigenvalue weighted by atomic mass is 16.5. The van der Waals surface area contributed by atoms with Gasteiger partial charge < -0.3 is 4.52 Å². The molecular formula is C15H19N3O2. The van der Waals surface area contributed by atoms with E-state index in [9.17, 15) is 4.79 Å². The maximum absolute atomic E-state index is 12.8. The minimum atomic E-state index is -0.107. The second-order valence-electron chi connectivity index (χ2n) is 4.61. The molecule has 0 unspecified atom stereocenters. The van der Waals surface area contributed by atoms with Crippen LogP contribution in [-0.4, -0.2) is 22.6 Å². The van der Waals surface area contributed by atoms with Crippen molar-refractivity contribution < 1.29 is 9.32 Å². The van der Waals surface area contributed by atoms with Crippen LogP contribution in [-0.2, 0) is 6.42 Å². The maximum atomic E-state index is 12.8. The first-order valence-corrected chi connectivity index (χ1v) is 6.78. The normalized spacial score (nSPS) is 10.6. The van der Waals surface area contributed by atoms with Crippen LogP contribution in [0.4, 0.5) is 5.82 Å². The Morgan fingerprint density at radius 2 is 2.10 bits per heavy atom. The van der Waals surface area contributed by atoms with E-state index in [1.165, 1.54) is 0 Å². The molecule has 0 saturated heterocycles. The smallest absolute Gasteiger partial charge is 0.264 e. The monoisotopic (exact) mass is 273 g/mol. The molecule has 0 bridgehead atoms. The topological polar surface area (TPSA) is 59.2 Å². The molecule has 5 nitrogen and oxygen atoms in total. The minimum absolute atomic E-state index is 0.107. The molecule has 0 fully saturated rings. The number of pyridine rings is 1. The molecule has 106 valence electrons. The largest absolute Gasteiger partial charge is 0.361 e. The summed E-state index contributed by atoms with van der Waals surface area (Å²) in [6, 6.07) is 3.80. The molecule has 2 aromatic rings. The van der Waals surface area contributed by atoms with Crippen molar-refractivity contribution in [2.24, 2.45) is 0 Å². The summed E-state index contributed by atoms with van der Waals surface area (Å²) in [5.74, 6) is 1.13. The second kappa shape index (κ2) is 5.86. The second-order valence-corrected chi connectivity index (χ2v) is 4.61. The molecule has 0 aromatic carbocycles. The van der Waals surface area contributed by atoms with Crippen molar-refractivity contribution in [3.63, 3.8) is 0 Å². The highest BCUT2D eigenvalue weighted by Crippen LogP contribution is 2.22. The van der Waals surface area contributed by atoms with Gasteiger partial charge in [0.05, 0.1) is 5.69 Å². The summed E-state index contributed by atoms with van der Waals surface area (Å²) in [6.45, 7) is 8.14. The van der Waals surface area contributed by atoms with Crippen molar-refractivity contribution in [2.45, 2.75) is 34.1 Å². The number of carbonyl (C=O) groups excluding carboxylic acids is 1. The lowest BCUT2D eigenvalue weighted by Gasteiger charge is -2.21. The third-order valence-corrected chi connectivity index (χ3v) is 3.28. The lowest BCUT2D eigenvalue weighted by molar-refractivity contribution is 0.0985. The summed E-state index contributed by atoms with van der Waals surface area (Å²) in [6.07, 6.45) is 2.36. The SMILES string of the molecule is CCc1noc(C)c1C(=O)N(CC)c1ncccc1C. The van der Waals surface area contributed by atoms with Crippen molar-refractivity contribution in [2.75, 3.05) is 11.4 Å². The minimum Gasteiger partial charge on any atom is -0.361 e. The Labute approximate surface area is 118 Å². The molecule has 0 atom stereocenters. The van der Waals surface area contributed by atoms with Crippen molar-refractivity contribution in [3.8, 4) is 0 Å². The number of aromatic nitrogens is 2. The zero-order valence-corrected chi connectivity index (χ0v) is 12.3. The van der Waals surface area contributed by atoms with Crippen LogP contribution in [0.1, 0.15) is 41.2 Å². The average molecular weight is 273 g/mol. The van der Waals surface area contributed by atoms with Gasteiger partial charge >= 0.3 is 0 Å². The first-order chi connectivity index (χ1) is 9.60. The number of anilines is 1. The summed E-state index contributed by atoms with van der Waals surface area (Å²) in [4.78, 5) is 18.8. The van der Waals surface area contributed by atoms with Crippen LogP contribution < -0.4 is 4.90 Å².